The number of ketones is 1. The second-order valence-corrected chi connectivity index (χ2v) is 5.67. The maximum absolute atomic E-state index is 12.6. The average molecular weight is 291 g/mol. The van der Waals surface area contributed by atoms with Crippen LogP contribution < -0.4 is 4.74 Å². The van der Waals surface area contributed by atoms with Crippen molar-refractivity contribution in [1.82, 2.24) is 4.90 Å². The first-order valence-corrected chi connectivity index (χ1v) is 7.72. The number of nitrogens with zero attached hydrogens (tertiary/aromatic N) is 1. The van der Waals surface area contributed by atoms with E-state index in [9.17, 15) is 4.79 Å². The molecule has 0 radical (unpaired) electrons. The minimum absolute atomic E-state index is 0.107. The number of carbonyl (C=O) groups is 1. The molecule has 0 saturated carbocycles. The monoisotopic (exact) mass is 291 g/mol. The fourth-order valence-corrected chi connectivity index (χ4v) is 3.15. The summed E-state index contributed by atoms with van der Waals surface area (Å²) in [5.41, 5.74) is 0.733. The highest BCUT2D eigenvalue weighted by atomic mass is 16.5. The van der Waals surface area contributed by atoms with Gasteiger partial charge in [-0.05, 0) is 63.4 Å². The highest BCUT2D eigenvalue weighted by Gasteiger charge is 2.31. The van der Waals surface area contributed by atoms with Gasteiger partial charge < -0.3 is 9.84 Å². The summed E-state index contributed by atoms with van der Waals surface area (Å²) in [6.07, 6.45) is 4.04. The predicted octanol–water partition coefficient (Wildman–Crippen LogP) is 2.50. The molecule has 1 aliphatic rings. The largest absolute Gasteiger partial charge is 0.497 e. The van der Waals surface area contributed by atoms with Crippen molar-refractivity contribution in [2.45, 2.75) is 44.7 Å². The molecular formula is C17H25NO3. The van der Waals surface area contributed by atoms with Crippen LogP contribution in [-0.2, 0) is 0 Å². The van der Waals surface area contributed by atoms with Gasteiger partial charge in [-0.15, -0.1) is 0 Å². The van der Waals surface area contributed by atoms with Crippen LogP contribution >= 0.6 is 0 Å². The Balaban J connectivity index is 2.03. The summed E-state index contributed by atoms with van der Waals surface area (Å²) in [4.78, 5) is 14.9. The van der Waals surface area contributed by atoms with E-state index in [0.29, 0.717) is 6.04 Å². The minimum atomic E-state index is -0.107. The molecule has 0 aromatic heterocycles. The first-order valence-electron chi connectivity index (χ1n) is 7.72. The SMILES string of the molecule is COc1ccc(C(=O)C(C)N2CCCC2CCCO)cc1. The molecule has 1 aliphatic heterocycles. The van der Waals surface area contributed by atoms with E-state index in [1.54, 1.807) is 7.11 Å². The molecule has 2 atom stereocenters. The number of Topliss-reactive ketones (excluding diaryl/α,β-unsaturated/α-hetero) is 1. The zero-order valence-corrected chi connectivity index (χ0v) is 12.9. The van der Waals surface area contributed by atoms with Gasteiger partial charge in [0, 0.05) is 18.2 Å². The van der Waals surface area contributed by atoms with Gasteiger partial charge in [-0.3, -0.25) is 9.69 Å². The van der Waals surface area contributed by atoms with Gasteiger partial charge in [-0.25, -0.2) is 0 Å². The first kappa shape index (κ1) is 16.0. The van der Waals surface area contributed by atoms with Crippen molar-refractivity contribution in [2.24, 2.45) is 0 Å². The number of carbonyl (C=O) groups excluding carboxylic acids is 1. The smallest absolute Gasteiger partial charge is 0.179 e. The molecule has 0 spiro atoms. The number of rotatable bonds is 7. The third kappa shape index (κ3) is 3.83. The molecule has 1 aromatic rings. The first-order chi connectivity index (χ1) is 10.2. The van der Waals surface area contributed by atoms with Crippen molar-refractivity contribution in [3.05, 3.63) is 29.8 Å². The molecule has 1 fully saturated rings. The lowest BCUT2D eigenvalue weighted by Gasteiger charge is -2.29. The average Bonchev–Trinajstić information content (AvgIpc) is 3.00. The number of hydrogen-bond acceptors (Lipinski definition) is 4. The highest BCUT2D eigenvalue weighted by molar-refractivity contribution is 6.00. The third-order valence-electron chi connectivity index (χ3n) is 4.37. The van der Waals surface area contributed by atoms with Crippen molar-refractivity contribution in [3.63, 3.8) is 0 Å². The number of hydrogen-bond donors (Lipinski definition) is 1. The summed E-state index contributed by atoms with van der Waals surface area (Å²) < 4.78 is 5.13. The van der Waals surface area contributed by atoms with Gasteiger partial charge in [0.05, 0.1) is 13.2 Å². The van der Waals surface area contributed by atoms with Crippen molar-refractivity contribution >= 4 is 5.78 Å². The number of ether oxygens (including phenoxy) is 1. The van der Waals surface area contributed by atoms with E-state index in [2.05, 4.69) is 4.90 Å². The quantitative estimate of drug-likeness (QED) is 0.784. The van der Waals surface area contributed by atoms with Crippen LogP contribution in [0.3, 0.4) is 0 Å². The molecule has 4 heteroatoms. The Bertz CT molecular complexity index is 458. The topological polar surface area (TPSA) is 49.8 Å². The maximum atomic E-state index is 12.6. The number of likely N-dealkylation sites (tertiary alicyclic amines) is 1. The summed E-state index contributed by atoms with van der Waals surface area (Å²) in [6, 6.07) is 7.63. The van der Waals surface area contributed by atoms with Gasteiger partial charge >= 0.3 is 0 Å². The minimum Gasteiger partial charge on any atom is -0.497 e. The Morgan fingerprint density at radius 1 is 1.43 bits per heavy atom. The predicted molar refractivity (Wildman–Crippen MR) is 82.8 cm³/mol. The van der Waals surface area contributed by atoms with Gasteiger partial charge in [-0.1, -0.05) is 0 Å². The number of methoxy groups -OCH3 is 1. The molecule has 1 aromatic carbocycles. The molecule has 116 valence electrons. The van der Waals surface area contributed by atoms with Crippen LogP contribution in [0.15, 0.2) is 24.3 Å². The lowest BCUT2D eigenvalue weighted by atomic mass is 10.0. The summed E-state index contributed by atoms with van der Waals surface area (Å²) in [7, 11) is 1.62. The third-order valence-corrected chi connectivity index (χ3v) is 4.37. The van der Waals surface area contributed by atoms with Gasteiger partial charge in [0.2, 0.25) is 0 Å². The van der Waals surface area contributed by atoms with Gasteiger partial charge in [0.25, 0.3) is 0 Å². The molecule has 1 heterocycles. The second-order valence-electron chi connectivity index (χ2n) is 5.67. The number of benzene rings is 1. The molecule has 4 nitrogen and oxygen atoms in total. The number of aliphatic hydroxyl groups is 1. The molecule has 2 unspecified atom stereocenters. The van der Waals surface area contributed by atoms with Crippen LogP contribution in [0.25, 0.3) is 0 Å². The highest BCUT2D eigenvalue weighted by Crippen LogP contribution is 2.25. The zero-order chi connectivity index (χ0) is 15.2. The van der Waals surface area contributed by atoms with E-state index in [0.717, 1.165) is 43.5 Å². The Hall–Kier alpha value is -1.39. The van der Waals surface area contributed by atoms with Gasteiger partial charge in [0.1, 0.15) is 5.75 Å². The van der Waals surface area contributed by atoms with Crippen LogP contribution in [0, 0.1) is 0 Å². The van der Waals surface area contributed by atoms with Crippen LogP contribution in [0.5, 0.6) is 5.75 Å². The van der Waals surface area contributed by atoms with Crippen LogP contribution in [0.2, 0.25) is 0 Å². The Morgan fingerprint density at radius 2 is 2.14 bits per heavy atom. The van der Waals surface area contributed by atoms with E-state index >= 15 is 0 Å². The van der Waals surface area contributed by atoms with Crippen LogP contribution in [0.1, 0.15) is 43.0 Å². The van der Waals surface area contributed by atoms with E-state index in [1.165, 1.54) is 0 Å². The van der Waals surface area contributed by atoms with Crippen molar-refractivity contribution in [3.8, 4) is 5.75 Å². The molecule has 0 amide bonds. The van der Waals surface area contributed by atoms with E-state index < -0.39 is 0 Å². The molecular weight excluding hydrogens is 266 g/mol. The molecule has 2 rings (SSSR count). The Labute approximate surface area is 126 Å². The van der Waals surface area contributed by atoms with Crippen molar-refractivity contribution in [2.75, 3.05) is 20.3 Å². The van der Waals surface area contributed by atoms with Crippen molar-refractivity contribution in [1.29, 1.82) is 0 Å². The van der Waals surface area contributed by atoms with E-state index in [1.807, 2.05) is 31.2 Å². The standard InChI is InChI=1S/C17H25NO3/c1-13(18-11-3-5-15(18)6-4-12-19)17(20)14-7-9-16(21-2)10-8-14/h7-10,13,15,19H,3-6,11-12H2,1-2H3. The van der Waals surface area contributed by atoms with Crippen molar-refractivity contribution < 1.29 is 14.6 Å². The fraction of sp³-hybridized carbons (Fsp3) is 0.588. The normalized spacial score (nSPS) is 20.4. The fourth-order valence-electron chi connectivity index (χ4n) is 3.15. The number of aliphatic hydroxyl groups excluding tert-OH is 1. The Kier molecular flexibility index (Phi) is 5.76. The van der Waals surface area contributed by atoms with Crippen LogP contribution in [0.4, 0.5) is 0 Å². The second kappa shape index (κ2) is 7.57. The molecule has 1 saturated heterocycles. The van der Waals surface area contributed by atoms with Gasteiger partial charge in [0.15, 0.2) is 5.78 Å². The zero-order valence-electron chi connectivity index (χ0n) is 12.9. The van der Waals surface area contributed by atoms with E-state index in [4.69, 9.17) is 9.84 Å². The summed E-state index contributed by atoms with van der Waals surface area (Å²) in [5, 5.41) is 8.99. The van der Waals surface area contributed by atoms with Crippen LogP contribution in [-0.4, -0.2) is 48.1 Å². The van der Waals surface area contributed by atoms with Gasteiger partial charge in [-0.2, -0.15) is 0 Å². The molecule has 0 bridgehead atoms. The Morgan fingerprint density at radius 3 is 2.76 bits per heavy atom. The molecule has 21 heavy (non-hydrogen) atoms. The summed E-state index contributed by atoms with van der Waals surface area (Å²) in [6.45, 7) is 3.19. The molecule has 1 N–H and O–H groups in total. The summed E-state index contributed by atoms with van der Waals surface area (Å²) >= 11 is 0. The maximum Gasteiger partial charge on any atom is 0.179 e. The van der Waals surface area contributed by atoms with E-state index in [-0.39, 0.29) is 18.4 Å². The lowest BCUT2D eigenvalue weighted by molar-refractivity contribution is 0.0809. The molecule has 0 aliphatic carbocycles. The summed E-state index contributed by atoms with van der Waals surface area (Å²) in [5.74, 6) is 0.926. The lowest BCUT2D eigenvalue weighted by Crippen LogP contribution is -2.42.